The number of rotatable bonds is 8. The van der Waals surface area contributed by atoms with Crippen LogP contribution in [0.3, 0.4) is 0 Å². The molecule has 0 aliphatic heterocycles. The average molecular weight is 527 g/mol. The molecular weight excluding hydrogens is 510 g/mol. The van der Waals surface area contributed by atoms with E-state index in [0.29, 0.717) is 38.2 Å². The molecule has 0 aromatic carbocycles. The molecule has 7 heteroatoms. The van der Waals surface area contributed by atoms with Crippen molar-refractivity contribution in [1.82, 2.24) is 0 Å². The molecule has 0 amide bonds. The van der Waals surface area contributed by atoms with Crippen LogP contribution in [0.5, 0.6) is 0 Å². The van der Waals surface area contributed by atoms with Gasteiger partial charge in [-0.15, -0.1) is 0 Å². The van der Waals surface area contributed by atoms with E-state index >= 15 is 0 Å². The zero-order valence-electron chi connectivity index (χ0n) is 12.6. The molecule has 0 nitrogen and oxygen atoms in total. The fourth-order valence-electron chi connectivity index (χ4n) is 1.77. The summed E-state index contributed by atoms with van der Waals surface area (Å²) in [6.45, 7) is 4.66. The van der Waals surface area contributed by atoms with Crippen molar-refractivity contribution in [2.45, 2.75) is 24.3 Å². The first-order valence-electron chi connectivity index (χ1n) is 7.05. The van der Waals surface area contributed by atoms with E-state index in [1.54, 1.807) is 7.55 Å². The summed E-state index contributed by atoms with van der Waals surface area (Å²) >= 11 is 6.85. The van der Waals surface area contributed by atoms with Gasteiger partial charge >= 0.3 is 171 Å². The van der Waals surface area contributed by atoms with Gasteiger partial charge in [-0.2, -0.15) is 0 Å². The van der Waals surface area contributed by atoms with Gasteiger partial charge in [-0.3, -0.25) is 0 Å². The number of thiophene rings is 3. The van der Waals surface area contributed by atoms with Gasteiger partial charge in [0.25, 0.3) is 0 Å². The molecule has 0 saturated carbocycles. The molecule has 3 heterocycles. The van der Waals surface area contributed by atoms with Gasteiger partial charge in [0.15, 0.2) is 0 Å². The first-order chi connectivity index (χ1) is 11.2. The predicted molar refractivity (Wildman–Crippen MR) is 116 cm³/mol. The summed E-state index contributed by atoms with van der Waals surface area (Å²) in [6, 6.07) is 13.5. The molecule has 0 spiro atoms. The topological polar surface area (TPSA) is 0 Å². The maximum absolute atomic E-state index is 2.35. The zero-order chi connectivity index (χ0) is 16.1. The Labute approximate surface area is 169 Å². The van der Waals surface area contributed by atoms with Crippen LogP contribution in [0, 0.1) is 0 Å². The third-order valence-corrected chi connectivity index (χ3v) is 18.3. The van der Waals surface area contributed by atoms with Gasteiger partial charge in [0.2, 0.25) is 0 Å². The second-order valence-corrected chi connectivity index (χ2v) is 17.5. The van der Waals surface area contributed by atoms with Crippen molar-refractivity contribution < 1.29 is 0 Å². The van der Waals surface area contributed by atoms with Crippen molar-refractivity contribution in [3.63, 3.8) is 0 Å². The Balaban J connectivity index is 1.46. The molecular formula is C16H16S5Se2. The minimum absolute atomic E-state index is 0.534. The van der Waals surface area contributed by atoms with E-state index in [9.17, 15) is 0 Å². The van der Waals surface area contributed by atoms with Crippen molar-refractivity contribution in [2.75, 3.05) is 0 Å². The van der Waals surface area contributed by atoms with Crippen LogP contribution in [-0.2, 0) is 0 Å². The van der Waals surface area contributed by atoms with Gasteiger partial charge in [-0.1, -0.05) is 0 Å². The predicted octanol–water partition coefficient (Wildman–Crippen LogP) is 5.35. The molecule has 3 aromatic heterocycles. The van der Waals surface area contributed by atoms with Gasteiger partial charge in [-0.25, -0.2) is 0 Å². The van der Waals surface area contributed by atoms with E-state index in [1.165, 1.54) is 9.75 Å². The summed E-state index contributed by atoms with van der Waals surface area (Å²) < 4.78 is 3.15. The van der Waals surface area contributed by atoms with Crippen LogP contribution in [0.15, 0.2) is 47.2 Å². The number of hydrogen-bond acceptors (Lipinski definition) is 5. The third-order valence-electron chi connectivity index (χ3n) is 2.99. The third kappa shape index (κ3) is 5.67. The molecule has 0 saturated heterocycles. The van der Waals surface area contributed by atoms with Crippen molar-refractivity contribution in [1.29, 1.82) is 0 Å². The zero-order valence-corrected chi connectivity index (χ0v) is 20.1. The van der Waals surface area contributed by atoms with Crippen LogP contribution in [0.2, 0.25) is 0 Å². The van der Waals surface area contributed by atoms with E-state index in [1.807, 2.05) is 34.0 Å². The first kappa shape index (κ1) is 18.6. The summed E-state index contributed by atoms with van der Waals surface area (Å²) in [5.74, 6) is 0. The monoisotopic (exact) mass is 528 g/mol. The van der Waals surface area contributed by atoms with Crippen molar-refractivity contribution in [3.05, 3.63) is 56.9 Å². The summed E-state index contributed by atoms with van der Waals surface area (Å²) in [7, 11) is 4.22. The Kier molecular flexibility index (Phi) is 7.70. The van der Waals surface area contributed by atoms with Crippen molar-refractivity contribution in [2.24, 2.45) is 0 Å². The molecule has 0 aliphatic rings. The Morgan fingerprint density at radius 1 is 0.783 bits per heavy atom. The van der Waals surface area contributed by atoms with E-state index in [-0.39, 0.29) is 0 Å². The van der Waals surface area contributed by atoms with Crippen molar-refractivity contribution in [3.8, 4) is 0 Å². The van der Waals surface area contributed by atoms with Crippen LogP contribution in [0.1, 0.15) is 34.1 Å². The molecule has 3 rings (SSSR count). The second kappa shape index (κ2) is 9.51. The summed E-state index contributed by atoms with van der Waals surface area (Å²) in [5.41, 5.74) is 0. The molecule has 0 radical (unpaired) electrons. The fourth-order valence-corrected chi connectivity index (χ4v) is 16.0. The molecule has 0 N–H and O–H groups in total. The molecule has 2 atom stereocenters. The van der Waals surface area contributed by atoms with Crippen LogP contribution >= 0.6 is 54.4 Å². The Bertz CT molecular complexity index is 631. The average Bonchev–Trinajstić information content (AvgIpc) is 3.32. The summed E-state index contributed by atoms with van der Waals surface area (Å²) in [5, 5.41) is 5.60. The summed E-state index contributed by atoms with van der Waals surface area (Å²) in [4.78, 5) is 3.00. The molecule has 0 fully saturated rings. The van der Waals surface area contributed by atoms with Gasteiger partial charge in [0, 0.05) is 0 Å². The van der Waals surface area contributed by atoms with E-state index in [4.69, 9.17) is 0 Å². The molecule has 122 valence electrons. The first-order valence-corrected chi connectivity index (χ1v) is 17.1. The van der Waals surface area contributed by atoms with E-state index < -0.39 is 0 Å². The van der Waals surface area contributed by atoms with Crippen LogP contribution < -0.4 is 7.55 Å². The number of hydrogen-bond donors (Lipinski definition) is 0. The van der Waals surface area contributed by atoms with Crippen LogP contribution in [-0.4, -0.2) is 27.7 Å². The second-order valence-electron chi connectivity index (χ2n) is 4.75. The molecule has 0 aliphatic carbocycles. The maximum atomic E-state index is 2.35. The van der Waals surface area contributed by atoms with Gasteiger partial charge in [0.1, 0.15) is 0 Å². The molecule has 2 unspecified atom stereocenters. The Hall–Kier alpha value is 0.839. The molecule has 3 aromatic rings. The van der Waals surface area contributed by atoms with Gasteiger partial charge in [-0.05, 0) is 0 Å². The molecule has 23 heavy (non-hydrogen) atoms. The van der Waals surface area contributed by atoms with Crippen LogP contribution in [0.25, 0.3) is 0 Å². The minimum atomic E-state index is 0.534. The van der Waals surface area contributed by atoms with E-state index in [2.05, 4.69) is 81.4 Å². The molecule has 0 bridgehead atoms. The van der Waals surface area contributed by atoms with E-state index in [0.717, 1.165) is 0 Å². The van der Waals surface area contributed by atoms with Crippen LogP contribution in [0.4, 0.5) is 0 Å². The quantitative estimate of drug-likeness (QED) is 0.363. The SMILES string of the molecule is CC(S[Se]c1ccc([Se]SC(C)c2cccs2)s1)c1cccs1. The Morgan fingerprint density at radius 3 is 1.65 bits per heavy atom. The van der Waals surface area contributed by atoms with Gasteiger partial charge < -0.3 is 0 Å². The van der Waals surface area contributed by atoms with Crippen molar-refractivity contribution >= 4 is 89.6 Å². The summed E-state index contributed by atoms with van der Waals surface area (Å²) in [6.07, 6.45) is 0. The van der Waals surface area contributed by atoms with Gasteiger partial charge in [0.05, 0.1) is 0 Å². The standard InChI is InChI=1S/C16H16S5Se2/c1-11(13-5-3-9-17-13)20-22-15-7-8-16(19-15)23-21-12(2)14-6-4-10-18-14/h3-12H,1-2H3. The Morgan fingerprint density at radius 2 is 1.26 bits per heavy atom. The normalized spacial score (nSPS) is 14.0. The fraction of sp³-hybridized carbons (Fsp3) is 0.250.